The van der Waals surface area contributed by atoms with E-state index in [2.05, 4.69) is 10.6 Å². The second kappa shape index (κ2) is 15.9. The number of carboxylic acid groups (broad SMARTS) is 1. The highest BCUT2D eigenvalue weighted by Gasteiger charge is 2.44. The zero-order valence-electron chi connectivity index (χ0n) is 19.0. The third-order valence-electron chi connectivity index (χ3n) is 5.30. The molecule has 0 radical (unpaired) electrons. The third kappa shape index (κ3) is 10.8. The predicted octanol–water partition coefficient (Wildman–Crippen LogP) is -1.37. The Morgan fingerprint density at radius 3 is 2.30 bits per heavy atom. The molecular weight excluding hydrogens is 440 g/mol. The van der Waals surface area contributed by atoms with E-state index in [0.717, 1.165) is 12.8 Å². The van der Waals surface area contributed by atoms with Gasteiger partial charge in [-0.25, -0.2) is 0 Å². The smallest absolute Gasteiger partial charge is 0.303 e. The Hall–Kier alpha value is -1.83. The molecule has 33 heavy (non-hydrogen) atoms. The summed E-state index contributed by atoms with van der Waals surface area (Å²) in [6.45, 7) is 1.28. The zero-order valence-corrected chi connectivity index (χ0v) is 19.0. The third-order valence-corrected chi connectivity index (χ3v) is 5.30. The van der Waals surface area contributed by atoms with Gasteiger partial charge in [0.2, 0.25) is 11.8 Å². The largest absolute Gasteiger partial charge is 0.481 e. The molecule has 0 unspecified atom stereocenters. The lowest BCUT2D eigenvalue weighted by atomic mass is 9.99. The number of carbonyl (C=O) groups excluding carboxylic acids is 2. The average molecular weight is 479 g/mol. The highest BCUT2D eigenvalue weighted by Crippen LogP contribution is 2.22. The molecule has 0 aromatic heterocycles. The van der Waals surface area contributed by atoms with Crippen LogP contribution in [0.1, 0.15) is 58.3 Å². The van der Waals surface area contributed by atoms with E-state index in [1.54, 1.807) is 0 Å². The van der Waals surface area contributed by atoms with Crippen molar-refractivity contribution in [3.8, 4) is 0 Å². The first-order chi connectivity index (χ1) is 15.7. The first-order valence-corrected chi connectivity index (χ1v) is 11.4. The Balaban J connectivity index is 2.64. The number of carbonyl (C=O) groups is 3. The van der Waals surface area contributed by atoms with Crippen LogP contribution in [0.15, 0.2) is 0 Å². The lowest BCUT2D eigenvalue weighted by Gasteiger charge is -2.39. The second-order valence-electron chi connectivity index (χ2n) is 8.10. The number of carboxylic acids is 1. The topological polar surface area (TPSA) is 195 Å². The lowest BCUT2D eigenvalue weighted by molar-refractivity contribution is -0.301. The quantitative estimate of drug-likeness (QED) is 0.130. The van der Waals surface area contributed by atoms with Crippen LogP contribution in [-0.2, 0) is 23.9 Å². The van der Waals surface area contributed by atoms with Crippen LogP contribution in [0.5, 0.6) is 0 Å². The average Bonchev–Trinajstić information content (AvgIpc) is 2.78. The molecule has 1 saturated heterocycles. The number of hydrogen-bond acceptors (Lipinski definition) is 9. The monoisotopic (exact) mass is 478 g/mol. The fourth-order valence-electron chi connectivity index (χ4n) is 3.29. The standard InChI is InChI=1S/C21H38N2O10/c1-2-3-5-8-15(25)23-13(20(31)22-10-7-4-6-9-16(26)27)12-32-21-19(30)18(29)17(28)14(11-24)33-21/h13-14,17-19,21,24,28-30H,2-12H2,1H3,(H,22,31)(H,23,25)(H,26,27)/t13-,14+,17-,18-,19+,21+/m0/s1. The Bertz CT molecular complexity index is 604. The van der Waals surface area contributed by atoms with Crippen LogP contribution in [0.25, 0.3) is 0 Å². The molecule has 1 heterocycles. The summed E-state index contributed by atoms with van der Waals surface area (Å²) in [4.78, 5) is 35.4. The van der Waals surface area contributed by atoms with Gasteiger partial charge in [0.25, 0.3) is 0 Å². The van der Waals surface area contributed by atoms with Gasteiger partial charge in [0, 0.05) is 19.4 Å². The van der Waals surface area contributed by atoms with Crippen LogP contribution in [-0.4, -0.2) is 99.8 Å². The van der Waals surface area contributed by atoms with E-state index in [9.17, 15) is 34.8 Å². The Morgan fingerprint density at radius 2 is 1.67 bits per heavy atom. The number of rotatable bonds is 16. The van der Waals surface area contributed by atoms with Crippen molar-refractivity contribution in [1.29, 1.82) is 0 Å². The maximum absolute atomic E-state index is 12.6. The summed E-state index contributed by atoms with van der Waals surface area (Å²) < 4.78 is 10.7. The summed E-state index contributed by atoms with van der Waals surface area (Å²) in [5.74, 6) is -1.75. The summed E-state index contributed by atoms with van der Waals surface area (Å²) in [5, 5.41) is 53.0. The molecule has 1 aliphatic heterocycles. The number of amides is 2. The molecule has 0 bridgehead atoms. The van der Waals surface area contributed by atoms with Gasteiger partial charge in [-0.05, 0) is 19.3 Å². The molecule has 192 valence electrons. The molecule has 2 amide bonds. The van der Waals surface area contributed by atoms with Crippen molar-refractivity contribution in [2.45, 2.75) is 95.0 Å². The summed E-state index contributed by atoms with van der Waals surface area (Å²) in [5.41, 5.74) is 0. The van der Waals surface area contributed by atoms with Gasteiger partial charge in [-0.2, -0.15) is 0 Å². The number of aliphatic carboxylic acids is 1. The molecule has 1 rings (SSSR count). The maximum atomic E-state index is 12.6. The second-order valence-corrected chi connectivity index (χ2v) is 8.10. The molecule has 0 saturated carbocycles. The van der Waals surface area contributed by atoms with Crippen molar-refractivity contribution in [3.63, 3.8) is 0 Å². The molecule has 7 N–H and O–H groups in total. The number of unbranched alkanes of at least 4 members (excludes halogenated alkanes) is 4. The van der Waals surface area contributed by atoms with Crippen LogP contribution in [0.3, 0.4) is 0 Å². The van der Waals surface area contributed by atoms with Gasteiger partial charge in [0.05, 0.1) is 13.2 Å². The van der Waals surface area contributed by atoms with Gasteiger partial charge in [-0.3, -0.25) is 14.4 Å². The van der Waals surface area contributed by atoms with Gasteiger partial charge in [0.1, 0.15) is 30.5 Å². The summed E-state index contributed by atoms with van der Waals surface area (Å²) in [7, 11) is 0. The van der Waals surface area contributed by atoms with Gasteiger partial charge in [0.15, 0.2) is 6.29 Å². The first kappa shape index (κ1) is 29.2. The molecule has 6 atom stereocenters. The Morgan fingerprint density at radius 1 is 0.970 bits per heavy atom. The zero-order chi connectivity index (χ0) is 24.8. The van der Waals surface area contributed by atoms with Crippen LogP contribution >= 0.6 is 0 Å². The maximum Gasteiger partial charge on any atom is 0.303 e. The van der Waals surface area contributed by atoms with Gasteiger partial charge >= 0.3 is 5.97 Å². The minimum atomic E-state index is -1.62. The predicted molar refractivity (Wildman–Crippen MR) is 115 cm³/mol. The summed E-state index contributed by atoms with van der Waals surface area (Å²) in [6, 6.07) is -1.11. The fourth-order valence-corrected chi connectivity index (χ4v) is 3.29. The molecule has 0 spiro atoms. The van der Waals surface area contributed by atoms with Gasteiger partial charge < -0.3 is 45.6 Å². The molecule has 0 aromatic carbocycles. The van der Waals surface area contributed by atoms with Crippen molar-refractivity contribution in [3.05, 3.63) is 0 Å². The lowest BCUT2D eigenvalue weighted by Crippen LogP contribution is -2.60. The summed E-state index contributed by atoms with van der Waals surface area (Å²) in [6.07, 6.45) is -2.97. The number of aliphatic hydroxyl groups is 4. The van der Waals surface area contributed by atoms with Gasteiger partial charge in [-0.1, -0.05) is 26.2 Å². The van der Waals surface area contributed by atoms with E-state index in [1.165, 1.54) is 0 Å². The van der Waals surface area contributed by atoms with Crippen molar-refractivity contribution in [2.75, 3.05) is 19.8 Å². The van der Waals surface area contributed by atoms with E-state index < -0.39 is 55.2 Å². The molecule has 0 aromatic rings. The Kier molecular flexibility index (Phi) is 14.1. The molecular formula is C21H38N2O10. The SMILES string of the molecule is CCCCCC(=O)N[C@@H](CO[C@@H]1O[C@H](CO)[C@H](O)[C@H](O)[C@H]1O)C(=O)NCCCCCC(=O)O. The highest BCUT2D eigenvalue weighted by atomic mass is 16.7. The van der Waals surface area contributed by atoms with Crippen LogP contribution in [0, 0.1) is 0 Å². The Labute approximate surface area is 193 Å². The minimum Gasteiger partial charge on any atom is -0.481 e. The van der Waals surface area contributed by atoms with Crippen molar-refractivity contribution < 1.29 is 49.4 Å². The van der Waals surface area contributed by atoms with E-state index in [0.29, 0.717) is 25.7 Å². The summed E-state index contributed by atoms with van der Waals surface area (Å²) >= 11 is 0. The molecule has 12 nitrogen and oxygen atoms in total. The molecule has 1 aliphatic rings. The molecule has 0 aliphatic carbocycles. The van der Waals surface area contributed by atoms with E-state index >= 15 is 0 Å². The molecule has 1 fully saturated rings. The highest BCUT2D eigenvalue weighted by molar-refractivity contribution is 5.87. The normalized spacial score (nSPS) is 25.9. The van der Waals surface area contributed by atoms with Crippen molar-refractivity contribution in [1.82, 2.24) is 10.6 Å². The first-order valence-electron chi connectivity index (χ1n) is 11.4. The van der Waals surface area contributed by atoms with Crippen LogP contribution in [0.4, 0.5) is 0 Å². The fraction of sp³-hybridized carbons (Fsp3) is 0.857. The van der Waals surface area contributed by atoms with Gasteiger partial charge in [-0.15, -0.1) is 0 Å². The van der Waals surface area contributed by atoms with Crippen molar-refractivity contribution in [2.24, 2.45) is 0 Å². The van der Waals surface area contributed by atoms with E-state index in [1.807, 2.05) is 6.92 Å². The van der Waals surface area contributed by atoms with Crippen molar-refractivity contribution >= 4 is 17.8 Å². The number of ether oxygens (including phenoxy) is 2. The van der Waals surface area contributed by atoms with Crippen LogP contribution in [0.2, 0.25) is 0 Å². The number of nitrogens with one attached hydrogen (secondary N) is 2. The van der Waals surface area contributed by atoms with Crippen LogP contribution < -0.4 is 10.6 Å². The number of hydrogen-bond donors (Lipinski definition) is 7. The minimum absolute atomic E-state index is 0.0529. The number of aliphatic hydroxyl groups excluding tert-OH is 4. The van der Waals surface area contributed by atoms with E-state index in [-0.39, 0.29) is 31.9 Å². The molecule has 12 heteroatoms. The van der Waals surface area contributed by atoms with E-state index in [4.69, 9.17) is 14.6 Å².